The van der Waals surface area contributed by atoms with Crippen molar-refractivity contribution in [1.82, 2.24) is 10.2 Å². The maximum absolute atomic E-state index is 11.7. The first-order chi connectivity index (χ1) is 10.1. The fraction of sp³-hybridized carbons (Fsp3) is 0.286. The zero-order valence-electron chi connectivity index (χ0n) is 11.8. The Bertz CT molecular complexity index is 654. The molecular formula is C14H15N3O3S. The van der Waals surface area contributed by atoms with Gasteiger partial charge in [-0.2, -0.15) is 0 Å². The summed E-state index contributed by atoms with van der Waals surface area (Å²) in [6, 6.07) is 6.71. The number of benzene rings is 1. The number of ketones is 1. The molecular weight excluding hydrogens is 290 g/mol. The van der Waals surface area contributed by atoms with Crippen LogP contribution in [0.4, 0.5) is 5.13 Å². The first-order valence-corrected chi connectivity index (χ1v) is 7.26. The van der Waals surface area contributed by atoms with Crippen LogP contribution in [-0.4, -0.2) is 28.5 Å². The molecule has 21 heavy (non-hydrogen) atoms. The predicted molar refractivity (Wildman–Crippen MR) is 79.9 cm³/mol. The second-order valence-corrected chi connectivity index (χ2v) is 5.34. The zero-order valence-corrected chi connectivity index (χ0v) is 12.6. The molecule has 0 unspecified atom stereocenters. The molecule has 0 aliphatic rings. The Kier molecular flexibility index (Phi) is 4.99. The lowest BCUT2D eigenvalue weighted by molar-refractivity contribution is -0.118. The van der Waals surface area contributed by atoms with Gasteiger partial charge in [-0.05, 0) is 25.5 Å². The molecule has 0 saturated carbocycles. The Morgan fingerprint density at radius 1 is 1.33 bits per heavy atom. The van der Waals surface area contributed by atoms with Crippen molar-refractivity contribution in [2.45, 2.75) is 20.3 Å². The van der Waals surface area contributed by atoms with E-state index in [1.165, 1.54) is 18.3 Å². The smallest absolute Gasteiger partial charge is 0.264 e. The van der Waals surface area contributed by atoms with E-state index < -0.39 is 0 Å². The van der Waals surface area contributed by atoms with Crippen molar-refractivity contribution in [2.24, 2.45) is 0 Å². The van der Waals surface area contributed by atoms with E-state index >= 15 is 0 Å². The SMILES string of the molecule is CCc1nnc(NC(=O)COc2cccc(C(C)=O)c2)s1. The number of nitrogens with one attached hydrogen (secondary N) is 1. The van der Waals surface area contributed by atoms with Crippen molar-refractivity contribution < 1.29 is 14.3 Å². The zero-order chi connectivity index (χ0) is 15.2. The summed E-state index contributed by atoms with van der Waals surface area (Å²) in [5, 5.41) is 11.7. The Hall–Kier alpha value is -2.28. The highest BCUT2D eigenvalue weighted by Gasteiger charge is 2.08. The minimum atomic E-state index is -0.318. The van der Waals surface area contributed by atoms with Crippen molar-refractivity contribution in [3.63, 3.8) is 0 Å². The lowest BCUT2D eigenvalue weighted by Gasteiger charge is -2.06. The van der Waals surface area contributed by atoms with Crippen LogP contribution in [0, 0.1) is 0 Å². The molecule has 2 rings (SSSR count). The summed E-state index contributed by atoms with van der Waals surface area (Å²) in [6.45, 7) is 3.30. The van der Waals surface area contributed by atoms with Gasteiger partial charge in [0, 0.05) is 5.56 Å². The van der Waals surface area contributed by atoms with Gasteiger partial charge in [-0.3, -0.25) is 14.9 Å². The molecule has 110 valence electrons. The minimum Gasteiger partial charge on any atom is -0.484 e. The Labute approximate surface area is 126 Å². The van der Waals surface area contributed by atoms with Crippen LogP contribution in [0.15, 0.2) is 24.3 Å². The first kappa shape index (κ1) is 15.1. The summed E-state index contributed by atoms with van der Waals surface area (Å²) in [7, 11) is 0. The standard InChI is InChI=1S/C14H15N3O3S/c1-3-13-16-17-14(21-13)15-12(19)8-20-11-6-4-5-10(7-11)9(2)18/h4-7H,3,8H2,1-2H3,(H,15,17,19). The monoisotopic (exact) mass is 305 g/mol. The number of ether oxygens (including phenoxy) is 1. The Morgan fingerprint density at radius 3 is 2.81 bits per heavy atom. The first-order valence-electron chi connectivity index (χ1n) is 6.44. The van der Waals surface area contributed by atoms with Gasteiger partial charge in [0.1, 0.15) is 10.8 Å². The van der Waals surface area contributed by atoms with Crippen molar-refractivity contribution in [1.29, 1.82) is 0 Å². The quantitative estimate of drug-likeness (QED) is 0.828. The van der Waals surface area contributed by atoms with Crippen LogP contribution in [-0.2, 0) is 11.2 Å². The normalized spacial score (nSPS) is 10.2. The van der Waals surface area contributed by atoms with Gasteiger partial charge in [0.05, 0.1) is 0 Å². The molecule has 0 radical (unpaired) electrons. The van der Waals surface area contributed by atoms with Crippen LogP contribution in [0.5, 0.6) is 5.75 Å². The predicted octanol–water partition coefficient (Wildman–Crippen LogP) is 2.32. The van der Waals surface area contributed by atoms with Gasteiger partial charge < -0.3 is 4.74 Å². The maximum Gasteiger partial charge on any atom is 0.264 e. The van der Waals surface area contributed by atoms with Gasteiger partial charge in [-0.15, -0.1) is 10.2 Å². The van der Waals surface area contributed by atoms with E-state index in [1.807, 2.05) is 6.92 Å². The summed E-state index contributed by atoms with van der Waals surface area (Å²) >= 11 is 1.33. The number of anilines is 1. The number of carbonyl (C=O) groups is 2. The molecule has 1 aromatic heterocycles. The topological polar surface area (TPSA) is 81.2 Å². The van der Waals surface area contributed by atoms with Gasteiger partial charge >= 0.3 is 0 Å². The summed E-state index contributed by atoms with van der Waals surface area (Å²) in [5.74, 6) is 0.109. The number of hydrogen-bond acceptors (Lipinski definition) is 6. The Morgan fingerprint density at radius 2 is 2.14 bits per heavy atom. The van der Waals surface area contributed by atoms with Gasteiger partial charge in [-0.1, -0.05) is 30.4 Å². The van der Waals surface area contributed by atoms with Crippen molar-refractivity contribution in [2.75, 3.05) is 11.9 Å². The van der Waals surface area contributed by atoms with Gasteiger partial charge in [0.25, 0.3) is 5.91 Å². The lowest BCUT2D eigenvalue weighted by Crippen LogP contribution is -2.20. The summed E-state index contributed by atoms with van der Waals surface area (Å²) < 4.78 is 5.36. The molecule has 1 N–H and O–H groups in total. The minimum absolute atomic E-state index is 0.0501. The van der Waals surface area contributed by atoms with E-state index in [0.29, 0.717) is 16.4 Å². The number of hydrogen-bond donors (Lipinski definition) is 1. The van der Waals surface area contributed by atoms with Crippen molar-refractivity contribution >= 4 is 28.2 Å². The third kappa shape index (κ3) is 4.35. The van der Waals surface area contributed by atoms with Crippen LogP contribution in [0.25, 0.3) is 0 Å². The summed E-state index contributed by atoms with van der Waals surface area (Å²) in [4.78, 5) is 23.0. The number of Topliss-reactive ketones (excluding diaryl/α,β-unsaturated/α-hetero) is 1. The highest BCUT2D eigenvalue weighted by Crippen LogP contribution is 2.16. The molecule has 0 bridgehead atoms. The maximum atomic E-state index is 11.7. The number of carbonyl (C=O) groups excluding carboxylic acids is 2. The number of aryl methyl sites for hydroxylation is 1. The molecule has 7 heteroatoms. The molecule has 1 aromatic carbocycles. The summed E-state index contributed by atoms with van der Waals surface area (Å²) in [6.07, 6.45) is 0.780. The van der Waals surface area contributed by atoms with Crippen LogP contribution >= 0.6 is 11.3 Å². The second-order valence-electron chi connectivity index (χ2n) is 4.28. The molecule has 1 amide bonds. The Balaban J connectivity index is 1.89. The number of amides is 1. The fourth-order valence-electron chi connectivity index (χ4n) is 1.56. The van der Waals surface area contributed by atoms with Crippen LogP contribution < -0.4 is 10.1 Å². The van der Waals surface area contributed by atoms with Crippen LogP contribution in [0.2, 0.25) is 0 Å². The van der Waals surface area contributed by atoms with E-state index in [4.69, 9.17) is 4.74 Å². The number of aromatic nitrogens is 2. The van der Waals surface area contributed by atoms with Gasteiger partial charge in [-0.25, -0.2) is 0 Å². The molecule has 0 atom stereocenters. The largest absolute Gasteiger partial charge is 0.484 e. The molecule has 6 nitrogen and oxygen atoms in total. The number of nitrogens with zero attached hydrogens (tertiary/aromatic N) is 2. The van der Waals surface area contributed by atoms with Crippen LogP contribution in [0.1, 0.15) is 29.2 Å². The van der Waals surface area contributed by atoms with Crippen LogP contribution in [0.3, 0.4) is 0 Å². The van der Waals surface area contributed by atoms with E-state index in [0.717, 1.165) is 11.4 Å². The van der Waals surface area contributed by atoms with Crippen molar-refractivity contribution in [3.8, 4) is 5.75 Å². The highest BCUT2D eigenvalue weighted by molar-refractivity contribution is 7.15. The molecule has 0 aliphatic carbocycles. The molecule has 0 saturated heterocycles. The van der Waals surface area contributed by atoms with Crippen molar-refractivity contribution in [3.05, 3.63) is 34.8 Å². The van der Waals surface area contributed by atoms with E-state index in [9.17, 15) is 9.59 Å². The lowest BCUT2D eigenvalue weighted by atomic mass is 10.1. The second kappa shape index (κ2) is 6.94. The molecule has 2 aromatic rings. The van der Waals surface area contributed by atoms with Gasteiger partial charge in [0.2, 0.25) is 5.13 Å². The van der Waals surface area contributed by atoms with E-state index in [2.05, 4.69) is 15.5 Å². The summed E-state index contributed by atoms with van der Waals surface area (Å²) in [5.41, 5.74) is 0.546. The fourth-order valence-corrected chi connectivity index (χ4v) is 2.25. The molecule has 0 aliphatic heterocycles. The number of rotatable bonds is 6. The average molecular weight is 305 g/mol. The highest BCUT2D eigenvalue weighted by atomic mass is 32.1. The third-order valence-electron chi connectivity index (χ3n) is 2.63. The van der Waals surface area contributed by atoms with E-state index in [1.54, 1.807) is 24.3 Å². The molecule has 1 heterocycles. The average Bonchev–Trinajstić information content (AvgIpc) is 2.93. The molecule has 0 spiro atoms. The third-order valence-corrected chi connectivity index (χ3v) is 3.61. The van der Waals surface area contributed by atoms with Gasteiger partial charge in [0.15, 0.2) is 12.4 Å². The molecule has 0 fully saturated rings. The van der Waals surface area contributed by atoms with E-state index in [-0.39, 0.29) is 18.3 Å².